The number of carbonyl (C=O) groups is 2. The van der Waals surface area contributed by atoms with E-state index in [0.29, 0.717) is 56.6 Å². The van der Waals surface area contributed by atoms with Gasteiger partial charge in [0.15, 0.2) is 0 Å². The van der Waals surface area contributed by atoms with Crippen LogP contribution in [0, 0.1) is 13.8 Å². The third-order valence-corrected chi connectivity index (χ3v) is 10.3. The van der Waals surface area contributed by atoms with Gasteiger partial charge in [0, 0.05) is 19.3 Å². The van der Waals surface area contributed by atoms with Crippen LogP contribution in [0.25, 0.3) is 10.2 Å². The normalized spacial score (nSPS) is 16.2. The number of nitrogens with zero attached hydrogens (tertiary/aromatic N) is 3. The number of nitrogens with one attached hydrogen (secondary N) is 1. The molecule has 3 amide bonds. The molecule has 0 bridgehead atoms. The molecule has 0 radical (unpaired) electrons. The highest BCUT2D eigenvalue weighted by Gasteiger charge is 2.37. The van der Waals surface area contributed by atoms with Gasteiger partial charge in [-0.15, -0.1) is 11.3 Å². The van der Waals surface area contributed by atoms with Gasteiger partial charge in [-0.25, -0.2) is 9.78 Å². The molecule has 0 saturated carbocycles. The summed E-state index contributed by atoms with van der Waals surface area (Å²) >= 11 is 1.19. The first-order chi connectivity index (χ1) is 21.7. The Balaban J connectivity index is 1.14. The van der Waals surface area contributed by atoms with Gasteiger partial charge in [0.05, 0.1) is 33.4 Å². The van der Waals surface area contributed by atoms with Crippen molar-refractivity contribution in [2.24, 2.45) is 0 Å². The molecule has 0 spiro atoms. The van der Waals surface area contributed by atoms with E-state index in [-0.39, 0.29) is 17.3 Å². The van der Waals surface area contributed by atoms with Crippen molar-refractivity contribution in [3.8, 4) is 11.5 Å². The number of pyridine rings is 1. The molecular formula is C33H28N4O6S2. The molecule has 45 heavy (non-hydrogen) atoms. The van der Waals surface area contributed by atoms with Gasteiger partial charge in [0.25, 0.3) is 16.0 Å². The summed E-state index contributed by atoms with van der Waals surface area (Å²) < 4.78 is 37.1. The highest BCUT2D eigenvalue weighted by Crippen LogP contribution is 2.47. The molecule has 228 valence electrons. The second-order valence-corrected chi connectivity index (χ2v) is 13.5. The van der Waals surface area contributed by atoms with Crippen LogP contribution in [0.1, 0.15) is 27.2 Å². The molecule has 1 saturated heterocycles. The van der Waals surface area contributed by atoms with Gasteiger partial charge >= 0.3 is 6.03 Å². The Hall–Kier alpha value is -4.78. The monoisotopic (exact) mass is 640 g/mol. The molecule has 3 aromatic carbocycles. The van der Waals surface area contributed by atoms with Gasteiger partial charge in [-0.05, 0) is 74.4 Å². The number of benzene rings is 3. The second kappa shape index (κ2) is 11.3. The summed E-state index contributed by atoms with van der Waals surface area (Å²) in [6.07, 6.45) is 1.31. The van der Waals surface area contributed by atoms with Crippen LogP contribution < -0.4 is 15.0 Å². The van der Waals surface area contributed by atoms with E-state index in [4.69, 9.17) is 8.92 Å². The number of anilines is 3. The summed E-state index contributed by atoms with van der Waals surface area (Å²) in [6.45, 7) is 4.20. The van der Waals surface area contributed by atoms with Crippen molar-refractivity contribution in [1.82, 2.24) is 9.88 Å². The zero-order chi connectivity index (χ0) is 31.3. The lowest BCUT2D eigenvalue weighted by molar-refractivity contribution is 0.0779. The van der Waals surface area contributed by atoms with Crippen LogP contribution >= 0.6 is 11.3 Å². The Labute approximate surface area is 264 Å². The number of hydrogen-bond donors (Lipinski definition) is 1. The summed E-state index contributed by atoms with van der Waals surface area (Å²) in [6, 6.07) is 22.8. The van der Waals surface area contributed by atoms with E-state index in [2.05, 4.69) is 10.3 Å². The number of aromatic nitrogens is 1. The lowest BCUT2D eigenvalue weighted by atomic mass is 10.1. The standard InChI is InChI=1S/C33H28N4O6S2/c1-20-8-11-25(12-9-20)45(40,41)43-24-15-17-36(19-24)32(38)30-29-28-27(14-16-34-31(28)44-30)37(33(39)35-29)26-13-10-23(18-21(26)2)42-22-6-4-3-5-7-22/h3-14,16,18,24H,15,17,19H2,1-2H3,(H,35,39)/t24-/m1/s1. The average molecular weight is 641 g/mol. The van der Waals surface area contributed by atoms with Crippen molar-refractivity contribution in [2.75, 3.05) is 23.3 Å². The minimum absolute atomic E-state index is 0.0753. The van der Waals surface area contributed by atoms with E-state index in [0.717, 1.165) is 11.1 Å². The van der Waals surface area contributed by atoms with E-state index in [1.807, 2.05) is 62.4 Å². The van der Waals surface area contributed by atoms with E-state index in [1.165, 1.54) is 23.5 Å². The SMILES string of the molecule is Cc1ccc(S(=O)(=O)O[C@@H]2CCN(C(=O)c3sc4nccc5c4c3NC(=O)N5c3ccc(Oc4ccccc4)cc3C)C2)cc1. The third kappa shape index (κ3) is 5.41. The summed E-state index contributed by atoms with van der Waals surface area (Å²) in [5, 5.41) is 3.60. The number of hydrogen-bond acceptors (Lipinski definition) is 8. The molecule has 1 atom stereocenters. The predicted octanol–water partition coefficient (Wildman–Crippen LogP) is 7.01. The fourth-order valence-electron chi connectivity index (χ4n) is 5.62. The number of carbonyl (C=O) groups excluding carboxylic acids is 2. The Morgan fingerprint density at radius 3 is 2.51 bits per heavy atom. The molecule has 2 aromatic heterocycles. The summed E-state index contributed by atoms with van der Waals surface area (Å²) in [7, 11) is -3.98. The van der Waals surface area contributed by atoms with Gasteiger partial charge < -0.3 is 15.0 Å². The van der Waals surface area contributed by atoms with Crippen LogP contribution in [-0.4, -0.2) is 49.4 Å². The topological polar surface area (TPSA) is 118 Å². The molecule has 2 aliphatic rings. The van der Waals surface area contributed by atoms with Crippen molar-refractivity contribution >= 4 is 60.7 Å². The van der Waals surface area contributed by atoms with E-state index >= 15 is 0 Å². The molecule has 5 aromatic rings. The molecule has 0 aliphatic carbocycles. The maximum atomic E-state index is 13.8. The summed E-state index contributed by atoms with van der Waals surface area (Å²) in [5.41, 5.74) is 3.44. The van der Waals surface area contributed by atoms with E-state index in [1.54, 1.807) is 34.2 Å². The first-order valence-corrected chi connectivity index (χ1v) is 16.6. The molecule has 12 heteroatoms. The number of urea groups is 1. The number of ether oxygens (including phenoxy) is 1. The number of para-hydroxylation sites is 1. The van der Waals surface area contributed by atoms with Crippen molar-refractivity contribution in [2.45, 2.75) is 31.3 Å². The predicted molar refractivity (Wildman–Crippen MR) is 172 cm³/mol. The molecule has 0 unspecified atom stereocenters. The van der Waals surface area contributed by atoms with E-state index < -0.39 is 22.3 Å². The molecule has 7 rings (SSSR count). The van der Waals surface area contributed by atoms with E-state index in [9.17, 15) is 18.0 Å². The van der Waals surface area contributed by atoms with Crippen LogP contribution in [0.15, 0.2) is 90.0 Å². The van der Waals surface area contributed by atoms with Crippen LogP contribution in [0.2, 0.25) is 0 Å². The molecule has 2 aliphatic heterocycles. The number of aryl methyl sites for hydroxylation is 2. The molecule has 1 N–H and O–H groups in total. The first kappa shape index (κ1) is 29.0. The second-order valence-electron chi connectivity index (χ2n) is 11.0. The number of likely N-dealkylation sites (tertiary alicyclic amines) is 1. The highest BCUT2D eigenvalue weighted by molar-refractivity contribution is 7.86. The number of rotatable bonds is 7. The smallest absolute Gasteiger partial charge is 0.331 e. The number of amides is 3. The van der Waals surface area contributed by atoms with Crippen LogP contribution in [0.4, 0.5) is 21.9 Å². The van der Waals surface area contributed by atoms with Crippen molar-refractivity contribution in [1.29, 1.82) is 0 Å². The minimum Gasteiger partial charge on any atom is -0.457 e. The molecule has 10 nitrogen and oxygen atoms in total. The van der Waals surface area contributed by atoms with Crippen LogP contribution in [0.5, 0.6) is 11.5 Å². The molecule has 1 fully saturated rings. The first-order valence-electron chi connectivity index (χ1n) is 14.3. The molecular weight excluding hydrogens is 613 g/mol. The average Bonchev–Trinajstić information content (AvgIpc) is 3.63. The van der Waals surface area contributed by atoms with Gasteiger partial charge in [-0.1, -0.05) is 35.9 Å². The van der Waals surface area contributed by atoms with Crippen molar-refractivity contribution in [3.63, 3.8) is 0 Å². The largest absolute Gasteiger partial charge is 0.457 e. The van der Waals surface area contributed by atoms with Gasteiger partial charge in [0.1, 0.15) is 21.2 Å². The van der Waals surface area contributed by atoms with Gasteiger partial charge in [0.2, 0.25) is 0 Å². The fraction of sp³-hybridized carbons (Fsp3) is 0.182. The van der Waals surface area contributed by atoms with Crippen LogP contribution in [0.3, 0.4) is 0 Å². The minimum atomic E-state index is -3.98. The Morgan fingerprint density at radius 1 is 0.978 bits per heavy atom. The summed E-state index contributed by atoms with van der Waals surface area (Å²) in [4.78, 5) is 36.1. The summed E-state index contributed by atoms with van der Waals surface area (Å²) in [5.74, 6) is 1.04. The fourth-order valence-corrected chi connectivity index (χ4v) is 7.80. The number of thiophene rings is 1. The lowest BCUT2D eigenvalue weighted by Crippen LogP contribution is -2.35. The zero-order valence-corrected chi connectivity index (χ0v) is 26.0. The maximum Gasteiger partial charge on any atom is 0.331 e. The third-order valence-electron chi connectivity index (χ3n) is 7.83. The van der Waals surface area contributed by atoms with Crippen LogP contribution in [-0.2, 0) is 14.3 Å². The Bertz CT molecular complexity index is 2060. The zero-order valence-electron chi connectivity index (χ0n) is 24.4. The maximum absolute atomic E-state index is 13.8. The van der Waals surface area contributed by atoms with Crippen molar-refractivity contribution in [3.05, 3.63) is 101 Å². The lowest BCUT2D eigenvalue weighted by Gasteiger charge is -2.30. The highest BCUT2D eigenvalue weighted by atomic mass is 32.2. The van der Waals surface area contributed by atoms with Crippen molar-refractivity contribution < 1.29 is 26.9 Å². The van der Waals surface area contributed by atoms with Gasteiger partial charge in [-0.3, -0.25) is 13.9 Å². The Kier molecular flexibility index (Phi) is 7.27. The Morgan fingerprint density at radius 2 is 1.76 bits per heavy atom. The quantitative estimate of drug-likeness (QED) is 0.190. The van der Waals surface area contributed by atoms with Gasteiger partial charge in [-0.2, -0.15) is 8.42 Å². The molecule has 4 heterocycles.